The molecule has 0 unspecified atom stereocenters. The summed E-state index contributed by atoms with van der Waals surface area (Å²) in [6.07, 6.45) is 8.74. The Labute approximate surface area is 114 Å². The fraction of sp³-hybridized carbons (Fsp3) is 0.857. The van der Waals surface area contributed by atoms with Gasteiger partial charge in [0, 0.05) is 13.6 Å². The van der Waals surface area contributed by atoms with Gasteiger partial charge in [-0.25, -0.2) is 4.68 Å². The second-order valence-electron chi connectivity index (χ2n) is 7.19. The second-order valence-corrected chi connectivity index (χ2v) is 7.19. The number of aromatic nitrogens is 3. The van der Waals surface area contributed by atoms with Crippen molar-refractivity contribution in [1.29, 1.82) is 0 Å². The van der Waals surface area contributed by atoms with Gasteiger partial charge in [-0.3, -0.25) is 0 Å². The van der Waals surface area contributed by atoms with Gasteiger partial charge >= 0.3 is 0 Å². The molecule has 0 aromatic carbocycles. The van der Waals surface area contributed by atoms with Crippen molar-refractivity contribution in [3.63, 3.8) is 0 Å². The molecule has 0 aliphatic heterocycles. The molecule has 4 fully saturated rings. The maximum atomic E-state index is 5.63. The minimum Gasteiger partial charge on any atom is -0.366 e. The zero-order chi connectivity index (χ0) is 13.0. The number of nitrogens with zero attached hydrogens (tertiary/aromatic N) is 3. The van der Waals surface area contributed by atoms with Gasteiger partial charge in [-0.2, -0.15) is 4.98 Å². The first-order valence-electron chi connectivity index (χ1n) is 7.52. The predicted molar refractivity (Wildman–Crippen MR) is 74.5 cm³/mol. The van der Waals surface area contributed by atoms with Crippen molar-refractivity contribution in [2.45, 2.75) is 38.5 Å². The van der Waals surface area contributed by atoms with Crippen LogP contribution in [-0.4, -0.2) is 21.3 Å². The van der Waals surface area contributed by atoms with Crippen molar-refractivity contribution >= 4 is 11.9 Å². The average molecular weight is 261 g/mol. The molecule has 1 aromatic rings. The van der Waals surface area contributed by atoms with Crippen LogP contribution in [0.3, 0.4) is 0 Å². The lowest BCUT2D eigenvalue weighted by Gasteiger charge is -2.56. The maximum Gasteiger partial charge on any atom is 0.241 e. The molecule has 5 heteroatoms. The number of hydrogen-bond donors (Lipinski definition) is 2. The molecule has 4 aliphatic carbocycles. The van der Waals surface area contributed by atoms with Crippen LogP contribution < -0.4 is 11.1 Å². The first-order valence-corrected chi connectivity index (χ1v) is 7.52. The summed E-state index contributed by atoms with van der Waals surface area (Å²) in [6.45, 7) is 1.04. The average Bonchev–Trinajstić information content (AvgIpc) is 2.64. The summed E-state index contributed by atoms with van der Waals surface area (Å²) < 4.78 is 1.75. The van der Waals surface area contributed by atoms with Crippen LogP contribution in [0, 0.1) is 23.2 Å². The molecule has 4 aliphatic rings. The largest absolute Gasteiger partial charge is 0.366 e. The number of anilines is 2. The first-order chi connectivity index (χ1) is 9.12. The zero-order valence-corrected chi connectivity index (χ0v) is 11.6. The van der Waals surface area contributed by atoms with Gasteiger partial charge in [-0.05, 0) is 61.7 Å². The Morgan fingerprint density at radius 2 is 1.79 bits per heavy atom. The lowest BCUT2D eigenvalue weighted by Crippen LogP contribution is -2.49. The zero-order valence-electron chi connectivity index (χ0n) is 11.6. The highest BCUT2D eigenvalue weighted by Crippen LogP contribution is 2.59. The molecule has 1 aromatic heterocycles. The van der Waals surface area contributed by atoms with Gasteiger partial charge in [0.05, 0.1) is 0 Å². The van der Waals surface area contributed by atoms with Gasteiger partial charge in [0.15, 0.2) is 0 Å². The fourth-order valence-electron chi connectivity index (χ4n) is 5.33. The van der Waals surface area contributed by atoms with Crippen LogP contribution in [0.2, 0.25) is 0 Å². The summed E-state index contributed by atoms with van der Waals surface area (Å²) in [5, 5.41) is 7.60. The Balaban J connectivity index is 1.49. The van der Waals surface area contributed by atoms with E-state index in [1.165, 1.54) is 38.5 Å². The lowest BCUT2D eigenvalue weighted by atomic mass is 9.49. The molecule has 5 rings (SSSR count). The predicted octanol–water partition coefficient (Wildman–Crippen LogP) is 2.03. The number of nitrogens with one attached hydrogen (secondary N) is 1. The first kappa shape index (κ1) is 11.6. The molecule has 3 N–H and O–H groups in total. The summed E-state index contributed by atoms with van der Waals surface area (Å²) in [7, 11) is 1.89. The monoisotopic (exact) mass is 261 g/mol. The molecule has 4 bridgehead atoms. The lowest BCUT2D eigenvalue weighted by molar-refractivity contribution is -0.0445. The van der Waals surface area contributed by atoms with Gasteiger partial charge in [-0.1, -0.05) is 0 Å². The minimum absolute atomic E-state index is 0.357. The molecule has 104 valence electrons. The van der Waals surface area contributed by atoms with Crippen LogP contribution in [0.4, 0.5) is 11.9 Å². The Morgan fingerprint density at radius 1 is 1.21 bits per heavy atom. The van der Waals surface area contributed by atoms with E-state index in [1.54, 1.807) is 4.68 Å². The molecule has 5 nitrogen and oxygen atoms in total. The van der Waals surface area contributed by atoms with E-state index >= 15 is 0 Å². The third kappa shape index (κ3) is 1.90. The van der Waals surface area contributed by atoms with Gasteiger partial charge in [0.1, 0.15) is 0 Å². The van der Waals surface area contributed by atoms with Gasteiger partial charge in [0.25, 0.3) is 0 Å². The van der Waals surface area contributed by atoms with Crippen molar-refractivity contribution < 1.29 is 0 Å². The molecular weight excluding hydrogens is 238 g/mol. The van der Waals surface area contributed by atoms with E-state index in [2.05, 4.69) is 15.4 Å². The van der Waals surface area contributed by atoms with Crippen LogP contribution in [0.15, 0.2) is 0 Å². The molecular formula is C14H23N5. The maximum absolute atomic E-state index is 5.63. The third-order valence-electron chi connectivity index (χ3n) is 5.57. The van der Waals surface area contributed by atoms with Crippen LogP contribution in [-0.2, 0) is 7.05 Å². The minimum atomic E-state index is 0.357. The molecule has 0 radical (unpaired) electrons. The summed E-state index contributed by atoms with van der Waals surface area (Å²) in [5.74, 6) is 4.16. The van der Waals surface area contributed by atoms with Crippen molar-refractivity contribution in [3.8, 4) is 0 Å². The Bertz CT molecular complexity index is 457. The van der Waals surface area contributed by atoms with Crippen molar-refractivity contribution in [3.05, 3.63) is 0 Å². The van der Waals surface area contributed by atoms with E-state index in [0.29, 0.717) is 11.4 Å². The Kier molecular flexibility index (Phi) is 2.35. The molecule has 0 saturated heterocycles. The molecule has 19 heavy (non-hydrogen) atoms. The summed E-state index contributed by atoms with van der Waals surface area (Å²) >= 11 is 0. The smallest absolute Gasteiger partial charge is 0.241 e. The molecule has 0 atom stereocenters. The van der Waals surface area contributed by atoms with E-state index in [9.17, 15) is 0 Å². The number of nitrogens with two attached hydrogens (primary N) is 1. The van der Waals surface area contributed by atoms with Crippen LogP contribution in [0.5, 0.6) is 0 Å². The topological polar surface area (TPSA) is 68.8 Å². The van der Waals surface area contributed by atoms with E-state index in [0.717, 1.165) is 30.2 Å². The number of aryl methyl sites for hydroxylation is 1. The third-order valence-corrected chi connectivity index (χ3v) is 5.57. The quantitative estimate of drug-likeness (QED) is 0.873. The highest BCUT2D eigenvalue weighted by atomic mass is 15.4. The summed E-state index contributed by atoms with van der Waals surface area (Å²) in [6, 6.07) is 0. The molecule has 4 saturated carbocycles. The Hall–Kier alpha value is -1.26. The van der Waals surface area contributed by atoms with E-state index < -0.39 is 0 Å². The van der Waals surface area contributed by atoms with Crippen LogP contribution in [0.25, 0.3) is 0 Å². The molecule has 1 heterocycles. The second kappa shape index (κ2) is 3.87. The number of nitrogen functional groups attached to an aromatic ring is 1. The summed E-state index contributed by atoms with van der Waals surface area (Å²) in [4.78, 5) is 4.25. The molecule has 0 amide bonds. The van der Waals surface area contributed by atoms with Crippen molar-refractivity contribution in [1.82, 2.24) is 14.8 Å². The normalized spacial score (nSPS) is 39.7. The summed E-state index contributed by atoms with van der Waals surface area (Å²) in [5.41, 5.74) is 6.16. The van der Waals surface area contributed by atoms with Gasteiger partial charge in [-0.15, -0.1) is 5.10 Å². The highest BCUT2D eigenvalue weighted by Gasteiger charge is 2.50. The standard InChI is InChI=1S/C14H23N5/c1-19-13(17-12(15)18-19)16-8-14-5-9-2-10(6-14)4-11(3-9)7-14/h9-11H,2-8H2,1H3,(H3,15,16,17,18). The van der Waals surface area contributed by atoms with E-state index in [4.69, 9.17) is 5.73 Å². The van der Waals surface area contributed by atoms with Gasteiger partial charge in [0.2, 0.25) is 11.9 Å². The molecule has 0 spiro atoms. The number of rotatable bonds is 3. The van der Waals surface area contributed by atoms with Crippen molar-refractivity contribution in [2.75, 3.05) is 17.6 Å². The Morgan fingerprint density at radius 3 is 2.26 bits per heavy atom. The fourth-order valence-corrected chi connectivity index (χ4v) is 5.33. The van der Waals surface area contributed by atoms with Crippen LogP contribution >= 0.6 is 0 Å². The van der Waals surface area contributed by atoms with Crippen molar-refractivity contribution in [2.24, 2.45) is 30.2 Å². The SMILES string of the molecule is Cn1nc(N)nc1NCC12CC3CC(CC(C3)C1)C2. The van der Waals surface area contributed by atoms with E-state index in [1.807, 2.05) is 7.05 Å². The van der Waals surface area contributed by atoms with E-state index in [-0.39, 0.29) is 0 Å². The highest BCUT2D eigenvalue weighted by molar-refractivity contribution is 5.32. The van der Waals surface area contributed by atoms with Gasteiger partial charge < -0.3 is 11.1 Å². The van der Waals surface area contributed by atoms with Crippen LogP contribution in [0.1, 0.15) is 38.5 Å². The number of hydrogen-bond acceptors (Lipinski definition) is 4.